The van der Waals surface area contributed by atoms with Gasteiger partial charge in [0.2, 0.25) is 0 Å². The van der Waals surface area contributed by atoms with Crippen molar-refractivity contribution in [2.75, 3.05) is 12.8 Å². The van der Waals surface area contributed by atoms with Crippen LogP contribution in [0.15, 0.2) is 28.8 Å². The highest BCUT2D eigenvalue weighted by Crippen LogP contribution is 2.11. The Morgan fingerprint density at radius 1 is 1.42 bits per heavy atom. The number of ether oxygens (including phenoxy) is 1. The van der Waals surface area contributed by atoms with Gasteiger partial charge < -0.3 is 15.0 Å². The molecule has 0 radical (unpaired) electrons. The molecule has 0 amide bonds. The minimum Gasteiger partial charge on any atom is -0.399 e. The summed E-state index contributed by atoms with van der Waals surface area (Å²) in [4.78, 5) is 4.26. The second-order valence-corrected chi connectivity index (χ2v) is 4.30. The normalized spacial score (nSPS) is 12.9. The van der Waals surface area contributed by atoms with Gasteiger partial charge in [-0.25, -0.2) is 0 Å². The fourth-order valence-corrected chi connectivity index (χ4v) is 1.59. The summed E-state index contributed by atoms with van der Waals surface area (Å²) in [5, 5.41) is 3.89. The smallest absolute Gasteiger partial charge is 0.250 e. The number of anilines is 1. The van der Waals surface area contributed by atoms with Crippen molar-refractivity contribution in [2.24, 2.45) is 0 Å². The van der Waals surface area contributed by atoms with Crippen LogP contribution in [-0.2, 0) is 11.2 Å². The number of methoxy groups -OCH3 is 1. The third-order valence-electron chi connectivity index (χ3n) is 2.69. The third kappa shape index (κ3) is 3.93. The maximum Gasteiger partial charge on any atom is 0.250 e. The predicted molar refractivity (Wildman–Crippen MR) is 74.3 cm³/mol. The Kier molecular flexibility index (Phi) is 4.30. The van der Waals surface area contributed by atoms with E-state index in [2.05, 4.69) is 10.1 Å². The van der Waals surface area contributed by atoms with Crippen LogP contribution < -0.4 is 5.73 Å². The number of hydrogen-bond donors (Lipinski definition) is 1. The van der Waals surface area contributed by atoms with Gasteiger partial charge in [-0.15, -0.1) is 0 Å². The predicted octanol–water partition coefficient (Wildman–Crippen LogP) is 2.40. The molecule has 0 aliphatic rings. The number of hydrogen-bond acceptors (Lipinski definition) is 5. The summed E-state index contributed by atoms with van der Waals surface area (Å²) in [6, 6.07) is 7.57. The minimum atomic E-state index is 0.0725. The maximum atomic E-state index is 5.70. The van der Waals surface area contributed by atoms with Crippen molar-refractivity contribution in [3.05, 3.63) is 41.5 Å². The Bertz CT molecular complexity index is 563. The fourth-order valence-electron chi connectivity index (χ4n) is 1.59. The first-order chi connectivity index (χ1) is 9.17. The number of nitrogens with zero attached hydrogens (tertiary/aromatic N) is 2. The number of nitrogens with two attached hydrogens (primary N) is 1. The Labute approximate surface area is 112 Å². The number of nitrogen functional groups attached to an aromatic ring is 1. The SMILES string of the molecule is COC(C)Cc1noc(/C=C/c2cccc(N)c2)n1. The molecule has 1 unspecified atom stereocenters. The number of aromatic nitrogens is 2. The van der Waals surface area contributed by atoms with Gasteiger partial charge in [0.25, 0.3) is 5.89 Å². The molecule has 100 valence electrons. The van der Waals surface area contributed by atoms with Gasteiger partial charge in [0.1, 0.15) is 0 Å². The molecule has 0 aliphatic heterocycles. The van der Waals surface area contributed by atoms with Gasteiger partial charge in [-0.3, -0.25) is 0 Å². The molecular weight excluding hydrogens is 242 g/mol. The standard InChI is InChI=1S/C14H17N3O2/c1-10(18-2)8-13-16-14(19-17-13)7-6-11-4-3-5-12(15)9-11/h3-7,9-10H,8,15H2,1-2H3/b7-6+. The zero-order valence-electron chi connectivity index (χ0n) is 11.0. The van der Waals surface area contributed by atoms with Gasteiger partial charge >= 0.3 is 0 Å². The second-order valence-electron chi connectivity index (χ2n) is 4.30. The molecule has 2 N–H and O–H groups in total. The van der Waals surface area contributed by atoms with Gasteiger partial charge in [-0.1, -0.05) is 17.3 Å². The van der Waals surface area contributed by atoms with Crippen LogP contribution in [0.2, 0.25) is 0 Å². The molecule has 2 rings (SSSR count). The molecule has 1 aromatic carbocycles. The number of benzene rings is 1. The molecule has 5 heteroatoms. The molecule has 0 aliphatic carbocycles. The first-order valence-corrected chi connectivity index (χ1v) is 6.06. The molecular formula is C14H17N3O2. The van der Waals surface area contributed by atoms with Crippen LogP contribution in [0, 0.1) is 0 Å². The largest absolute Gasteiger partial charge is 0.399 e. The van der Waals surface area contributed by atoms with Crippen LogP contribution in [0.5, 0.6) is 0 Å². The Morgan fingerprint density at radius 3 is 3.00 bits per heavy atom. The molecule has 19 heavy (non-hydrogen) atoms. The zero-order valence-corrected chi connectivity index (χ0v) is 11.0. The van der Waals surface area contributed by atoms with E-state index in [0.717, 1.165) is 11.3 Å². The van der Waals surface area contributed by atoms with Gasteiger partial charge in [0, 0.05) is 25.3 Å². The van der Waals surface area contributed by atoms with Crippen molar-refractivity contribution in [2.45, 2.75) is 19.4 Å². The molecule has 1 aromatic heterocycles. The van der Waals surface area contributed by atoms with E-state index in [4.69, 9.17) is 15.0 Å². The van der Waals surface area contributed by atoms with E-state index in [1.165, 1.54) is 0 Å². The summed E-state index contributed by atoms with van der Waals surface area (Å²) in [5.41, 5.74) is 7.42. The topological polar surface area (TPSA) is 74.2 Å². The first-order valence-electron chi connectivity index (χ1n) is 6.06. The van der Waals surface area contributed by atoms with E-state index in [-0.39, 0.29) is 6.10 Å². The molecule has 0 saturated carbocycles. The average Bonchev–Trinajstić information content (AvgIpc) is 2.84. The average molecular weight is 259 g/mol. The molecule has 1 heterocycles. The molecule has 2 aromatic rings. The Hall–Kier alpha value is -2.14. The van der Waals surface area contributed by atoms with Crippen molar-refractivity contribution in [3.63, 3.8) is 0 Å². The van der Waals surface area contributed by atoms with Gasteiger partial charge in [0.05, 0.1) is 6.10 Å². The van der Waals surface area contributed by atoms with Crippen molar-refractivity contribution >= 4 is 17.8 Å². The van der Waals surface area contributed by atoms with Crippen molar-refractivity contribution < 1.29 is 9.26 Å². The molecule has 0 fully saturated rings. The van der Waals surface area contributed by atoms with Gasteiger partial charge in [0.15, 0.2) is 5.82 Å². The highest BCUT2D eigenvalue weighted by Gasteiger charge is 2.08. The molecule has 5 nitrogen and oxygen atoms in total. The summed E-state index contributed by atoms with van der Waals surface area (Å²) >= 11 is 0. The molecule has 1 atom stereocenters. The molecule has 0 bridgehead atoms. The fraction of sp³-hybridized carbons (Fsp3) is 0.286. The summed E-state index contributed by atoms with van der Waals surface area (Å²) in [6.07, 6.45) is 4.35. The molecule has 0 spiro atoms. The van der Waals surface area contributed by atoms with E-state index in [1.807, 2.05) is 37.3 Å². The van der Waals surface area contributed by atoms with Crippen molar-refractivity contribution in [1.82, 2.24) is 10.1 Å². The lowest BCUT2D eigenvalue weighted by Crippen LogP contribution is -2.09. The second kappa shape index (κ2) is 6.15. The van der Waals surface area contributed by atoms with Crippen LogP contribution >= 0.6 is 0 Å². The summed E-state index contributed by atoms with van der Waals surface area (Å²) in [6.45, 7) is 1.96. The maximum absolute atomic E-state index is 5.70. The zero-order chi connectivity index (χ0) is 13.7. The lowest BCUT2D eigenvalue weighted by molar-refractivity contribution is 0.116. The molecule has 0 saturated heterocycles. The summed E-state index contributed by atoms with van der Waals surface area (Å²) in [5.74, 6) is 1.11. The van der Waals surface area contributed by atoms with Crippen LogP contribution in [0.25, 0.3) is 12.2 Å². The Balaban J connectivity index is 2.03. The monoisotopic (exact) mass is 259 g/mol. The highest BCUT2D eigenvalue weighted by atomic mass is 16.5. The van der Waals surface area contributed by atoms with E-state index < -0.39 is 0 Å². The van der Waals surface area contributed by atoms with E-state index in [1.54, 1.807) is 13.2 Å². The Morgan fingerprint density at radius 2 is 2.26 bits per heavy atom. The van der Waals surface area contributed by atoms with Crippen molar-refractivity contribution in [1.29, 1.82) is 0 Å². The quantitative estimate of drug-likeness (QED) is 0.834. The number of rotatable bonds is 5. The minimum absolute atomic E-state index is 0.0725. The lowest BCUT2D eigenvalue weighted by Gasteiger charge is -2.03. The van der Waals surface area contributed by atoms with E-state index >= 15 is 0 Å². The van der Waals surface area contributed by atoms with Gasteiger partial charge in [-0.2, -0.15) is 4.98 Å². The third-order valence-corrected chi connectivity index (χ3v) is 2.69. The highest BCUT2D eigenvalue weighted by molar-refractivity contribution is 5.67. The summed E-state index contributed by atoms with van der Waals surface area (Å²) in [7, 11) is 1.66. The van der Waals surface area contributed by atoms with Crippen LogP contribution in [-0.4, -0.2) is 23.4 Å². The van der Waals surface area contributed by atoms with E-state index in [9.17, 15) is 0 Å². The van der Waals surface area contributed by atoms with Crippen LogP contribution in [0.3, 0.4) is 0 Å². The lowest BCUT2D eigenvalue weighted by atomic mass is 10.2. The van der Waals surface area contributed by atoms with Crippen molar-refractivity contribution in [3.8, 4) is 0 Å². The van der Waals surface area contributed by atoms with Crippen LogP contribution in [0.1, 0.15) is 24.2 Å². The van der Waals surface area contributed by atoms with E-state index in [0.29, 0.717) is 18.1 Å². The van der Waals surface area contributed by atoms with Crippen LogP contribution in [0.4, 0.5) is 5.69 Å². The first kappa shape index (κ1) is 13.3. The van der Waals surface area contributed by atoms with Gasteiger partial charge in [-0.05, 0) is 30.7 Å². The summed E-state index contributed by atoms with van der Waals surface area (Å²) < 4.78 is 10.3.